The molecule has 0 atom stereocenters. The maximum Gasteiger partial charge on any atom is 0.413 e. The highest BCUT2D eigenvalue weighted by atomic mass is 16.6. The molecule has 124 valence electrons. The summed E-state index contributed by atoms with van der Waals surface area (Å²) in [7, 11) is 1.91. The average molecular weight is 317 g/mol. The van der Waals surface area contributed by atoms with Crippen molar-refractivity contribution in [1.29, 1.82) is 0 Å². The molecule has 7 nitrogen and oxygen atoms in total. The van der Waals surface area contributed by atoms with Gasteiger partial charge in [0.25, 0.3) is 0 Å². The molecule has 0 bridgehead atoms. The first-order chi connectivity index (χ1) is 10.7. The Labute approximate surface area is 136 Å². The molecule has 0 fully saturated rings. The third kappa shape index (κ3) is 4.98. The predicted octanol–water partition coefficient (Wildman–Crippen LogP) is 3.08. The van der Waals surface area contributed by atoms with Crippen LogP contribution in [-0.4, -0.2) is 26.5 Å². The van der Waals surface area contributed by atoms with Crippen LogP contribution in [0.3, 0.4) is 0 Å². The minimum atomic E-state index is -0.535. The van der Waals surface area contributed by atoms with Gasteiger partial charge in [-0.15, -0.1) is 0 Å². The summed E-state index contributed by atoms with van der Waals surface area (Å²) in [6, 6.07) is 3.58. The number of ether oxygens (including phenoxy) is 1. The Bertz CT molecular complexity index is 671. The Kier molecular flexibility index (Phi) is 4.88. The smallest absolute Gasteiger partial charge is 0.413 e. The van der Waals surface area contributed by atoms with Crippen LogP contribution in [0.15, 0.2) is 24.5 Å². The molecule has 2 N–H and O–H groups in total. The zero-order valence-electron chi connectivity index (χ0n) is 14.2. The topological polar surface area (TPSA) is 81.1 Å². The first-order valence-electron chi connectivity index (χ1n) is 7.42. The van der Waals surface area contributed by atoms with Crippen LogP contribution >= 0.6 is 0 Å². The second kappa shape index (κ2) is 6.68. The van der Waals surface area contributed by atoms with Crippen molar-refractivity contribution in [1.82, 2.24) is 14.8 Å². The van der Waals surface area contributed by atoms with E-state index < -0.39 is 11.7 Å². The number of hydrogen-bond acceptors (Lipinski definition) is 5. The van der Waals surface area contributed by atoms with Crippen molar-refractivity contribution in [2.24, 2.45) is 7.05 Å². The molecule has 0 saturated carbocycles. The van der Waals surface area contributed by atoms with Gasteiger partial charge in [0.2, 0.25) is 0 Å². The normalized spacial score (nSPS) is 11.2. The molecule has 0 unspecified atom stereocenters. The summed E-state index contributed by atoms with van der Waals surface area (Å²) in [5.74, 6) is 0.447. The Balaban J connectivity index is 1.89. The third-order valence-corrected chi connectivity index (χ3v) is 3.21. The lowest BCUT2D eigenvalue weighted by atomic mass is 10.2. The van der Waals surface area contributed by atoms with Gasteiger partial charge in [-0.2, -0.15) is 5.10 Å². The number of carbonyl (C=O) groups excluding carboxylic acids is 1. The number of carbonyl (C=O) groups is 1. The van der Waals surface area contributed by atoms with Crippen molar-refractivity contribution in [3.8, 4) is 0 Å². The van der Waals surface area contributed by atoms with Crippen LogP contribution in [0.2, 0.25) is 0 Å². The minimum absolute atomic E-state index is 0.447. The molecule has 0 aliphatic heterocycles. The first kappa shape index (κ1) is 16.8. The first-order valence-corrected chi connectivity index (χ1v) is 7.42. The van der Waals surface area contributed by atoms with E-state index in [1.165, 1.54) is 0 Å². The molecule has 0 aliphatic carbocycles. The molecule has 0 radical (unpaired) electrons. The molecule has 7 heteroatoms. The van der Waals surface area contributed by atoms with Crippen LogP contribution in [0.25, 0.3) is 0 Å². The summed E-state index contributed by atoms with van der Waals surface area (Å²) in [6.45, 7) is 8.13. The van der Waals surface area contributed by atoms with E-state index in [-0.39, 0.29) is 0 Å². The Hall–Kier alpha value is -2.57. The van der Waals surface area contributed by atoms with Gasteiger partial charge in [0.15, 0.2) is 0 Å². The molecule has 2 aromatic rings. The van der Waals surface area contributed by atoms with Gasteiger partial charge in [-0.1, -0.05) is 0 Å². The van der Waals surface area contributed by atoms with Gasteiger partial charge in [0.1, 0.15) is 11.4 Å². The molecule has 2 rings (SSSR count). The molecule has 2 aromatic heterocycles. The monoisotopic (exact) mass is 317 g/mol. The third-order valence-electron chi connectivity index (χ3n) is 3.21. The fourth-order valence-corrected chi connectivity index (χ4v) is 1.90. The average Bonchev–Trinajstić information content (AvgIpc) is 2.76. The van der Waals surface area contributed by atoms with Gasteiger partial charge in [-0.25, -0.2) is 9.78 Å². The SMILES string of the molecule is Cc1c(CNc2ccc(NC(=O)OC(C)(C)C)nc2)cnn1C. The van der Waals surface area contributed by atoms with E-state index in [4.69, 9.17) is 4.74 Å². The Morgan fingerprint density at radius 3 is 2.57 bits per heavy atom. The number of hydrogen-bond donors (Lipinski definition) is 2. The molecule has 1 amide bonds. The number of aromatic nitrogens is 3. The molecular weight excluding hydrogens is 294 g/mol. The van der Waals surface area contributed by atoms with Crippen LogP contribution < -0.4 is 10.6 Å². The number of nitrogens with zero attached hydrogens (tertiary/aromatic N) is 3. The number of anilines is 2. The zero-order chi connectivity index (χ0) is 17.0. The van der Waals surface area contributed by atoms with E-state index in [0.717, 1.165) is 16.9 Å². The van der Waals surface area contributed by atoms with E-state index in [1.54, 1.807) is 12.3 Å². The second-order valence-electron chi connectivity index (χ2n) is 6.29. The van der Waals surface area contributed by atoms with Crippen molar-refractivity contribution < 1.29 is 9.53 Å². The fraction of sp³-hybridized carbons (Fsp3) is 0.438. The molecule has 2 heterocycles. The van der Waals surface area contributed by atoms with E-state index >= 15 is 0 Å². The molecule has 23 heavy (non-hydrogen) atoms. The van der Waals surface area contributed by atoms with Gasteiger partial charge in [-0.3, -0.25) is 10.00 Å². The van der Waals surface area contributed by atoms with Crippen molar-refractivity contribution in [2.45, 2.75) is 39.8 Å². The summed E-state index contributed by atoms with van der Waals surface area (Å²) in [5.41, 5.74) is 2.58. The highest BCUT2D eigenvalue weighted by molar-refractivity contribution is 5.83. The van der Waals surface area contributed by atoms with Gasteiger partial charge in [0.05, 0.1) is 18.1 Å². The van der Waals surface area contributed by atoms with E-state index in [1.807, 2.05) is 51.7 Å². The summed E-state index contributed by atoms with van der Waals surface area (Å²) in [4.78, 5) is 15.9. The maximum atomic E-state index is 11.7. The van der Waals surface area contributed by atoms with Crippen LogP contribution in [0.1, 0.15) is 32.0 Å². The van der Waals surface area contributed by atoms with Gasteiger partial charge < -0.3 is 10.1 Å². The minimum Gasteiger partial charge on any atom is -0.444 e. The van der Waals surface area contributed by atoms with Crippen molar-refractivity contribution >= 4 is 17.6 Å². The van der Waals surface area contributed by atoms with E-state index in [0.29, 0.717) is 12.4 Å². The van der Waals surface area contributed by atoms with E-state index in [2.05, 4.69) is 20.7 Å². The van der Waals surface area contributed by atoms with Crippen LogP contribution in [0, 0.1) is 6.92 Å². The summed E-state index contributed by atoms with van der Waals surface area (Å²) >= 11 is 0. The van der Waals surface area contributed by atoms with Crippen molar-refractivity contribution in [3.05, 3.63) is 35.8 Å². The van der Waals surface area contributed by atoms with Crippen LogP contribution in [0.4, 0.5) is 16.3 Å². The second-order valence-corrected chi connectivity index (χ2v) is 6.29. The highest BCUT2D eigenvalue weighted by Crippen LogP contribution is 2.14. The van der Waals surface area contributed by atoms with Crippen molar-refractivity contribution in [3.63, 3.8) is 0 Å². The molecular formula is C16H23N5O2. The maximum absolute atomic E-state index is 11.7. The number of aryl methyl sites for hydroxylation is 1. The lowest BCUT2D eigenvalue weighted by Crippen LogP contribution is -2.27. The summed E-state index contributed by atoms with van der Waals surface area (Å²) < 4.78 is 7.01. The quantitative estimate of drug-likeness (QED) is 0.905. The number of pyridine rings is 1. The zero-order valence-corrected chi connectivity index (χ0v) is 14.2. The largest absolute Gasteiger partial charge is 0.444 e. The summed E-state index contributed by atoms with van der Waals surface area (Å²) in [6.07, 6.45) is 2.99. The predicted molar refractivity (Wildman–Crippen MR) is 89.4 cm³/mol. The standard InChI is InChI=1S/C16H23N5O2/c1-11-12(9-19-21(11)5)8-17-13-6-7-14(18-10-13)20-15(22)23-16(2,3)4/h6-7,9-10,17H,8H2,1-5H3,(H,18,20,22). The number of amides is 1. The molecule has 0 saturated heterocycles. The van der Waals surface area contributed by atoms with E-state index in [9.17, 15) is 4.79 Å². The van der Waals surface area contributed by atoms with Crippen LogP contribution in [-0.2, 0) is 18.3 Å². The number of rotatable bonds is 4. The van der Waals surface area contributed by atoms with Gasteiger partial charge in [0, 0.05) is 24.8 Å². The van der Waals surface area contributed by atoms with Crippen LogP contribution in [0.5, 0.6) is 0 Å². The van der Waals surface area contributed by atoms with Gasteiger partial charge >= 0.3 is 6.09 Å². The Morgan fingerprint density at radius 1 is 1.30 bits per heavy atom. The lowest BCUT2D eigenvalue weighted by molar-refractivity contribution is 0.0635. The molecule has 0 aromatic carbocycles. The fourth-order valence-electron chi connectivity index (χ4n) is 1.90. The highest BCUT2D eigenvalue weighted by Gasteiger charge is 2.16. The molecule has 0 aliphatic rings. The summed E-state index contributed by atoms with van der Waals surface area (Å²) in [5, 5.41) is 10.1. The lowest BCUT2D eigenvalue weighted by Gasteiger charge is -2.19. The van der Waals surface area contributed by atoms with Gasteiger partial charge in [-0.05, 0) is 39.8 Å². The van der Waals surface area contributed by atoms with Crippen molar-refractivity contribution in [2.75, 3.05) is 10.6 Å². The number of nitrogens with one attached hydrogen (secondary N) is 2. The molecule has 0 spiro atoms. The Morgan fingerprint density at radius 2 is 2.04 bits per heavy atom.